The number of esters is 1. The molecule has 0 bridgehead atoms. The molecule has 0 aliphatic heterocycles. The lowest BCUT2D eigenvalue weighted by molar-refractivity contribution is -0.385. The number of carboxylic acid groups (broad SMARTS) is 1. The van der Waals surface area contributed by atoms with Crippen LogP contribution in [0.25, 0.3) is 0 Å². The van der Waals surface area contributed by atoms with Crippen molar-refractivity contribution in [2.24, 2.45) is 0 Å². The van der Waals surface area contributed by atoms with E-state index in [9.17, 15) is 29.6 Å². The molecule has 2 aromatic carbocycles. The second kappa shape index (κ2) is 10.4. The Labute approximate surface area is 189 Å². The van der Waals surface area contributed by atoms with Crippen molar-refractivity contribution >= 4 is 23.7 Å². The topological polar surface area (TPSA) is 154 Å². The van der Waals surface area contributed by atoms with Crippen LogP contribution in [0, 0.1) is 10.1 Å². The molecule has 0 aliphatic carbocycles. The van der Waals surface area contributed by atoms with E-state index in [1.165, 1.54) is 43.5 Å². The van der Waals surface area contributed by atoms with E-state index in [0.29, 0.717) is 0 Å². The number of hydrogen-bond donors (Lipinski definition) is 2. The van der Waals surface area contributed by atoms with Gasteiger partial charge >= 0.3 is 23.7 Å². The van der Waals surface area contributed by atoms with Crippen LogP contribution in [0.1, 0.15) is 36.7 Å². The number of nitrogens with one attached hydrogen (secondary N) is 1. The molecule has 0 aromatic heterocycles. The van der Waals surface area contributed by atoms with Crippen molar-refractivity contribution in [3.05, 3.63) is 63.7 Å². The van der Waals surface area contributed by atoms with E-state index in [1.54, 1.807) is 20.8 Å². The van der Waals surface area contributed by atoms with Crippen LogP contribution in [0.2, 0.25) is 0 Å². The van der Waals surface area contributed by atoms with Crippen LogP contribution in [-0.2, 0) is 20.7 Å². The number of methoxy groups -OCH3 is 1. The van der Waals surface area contributed by atoms with Crippen LogP contribution in [0.3, 0.4) is 0 Å². The van der Waals surface area contributed by atoms with Gasteiger partial charge in [-0.3, -0.25) is 10.1 Å². The number of amides is 1. The van der Waals surface area contributed by atoms with Crippen molar-refractivity contribution in [3.63, 3.8) is 0 Å². The summed E-state index contributed by atoms with van der Waals surface area (Å²) >= 11 is 0. The third-order valence-electron chi connectivity index (χ3n) is 4.13. The zero-order chi connectivity index (χ0) is 24.8. The lowest BCUT2D eigenvalue weighted by Crippen LogP contribution is -2.44. The Kier molecular flexibility index (Phi) is 7.95. The highest BCUT2D eigenvalue weighted by Crippen LogP contribution is 2.33. The van der Waals surface area contributed by atoms with Crippen molar-refractivity contribution in [3.8, 4) is 11.5 Å². The number of alkyl carbamates (subject to hydrolysis) is 1. The highest BCUT2D eigenvalue weighted by Gasteiger charge is 2.26. The molecular weight excluding hydrogens is 436 g/mol. The minimum absolute atomic E-state index is 0.113. The molecule has 33 heavy (non-hydrogen) atoms. The van der Waals surface area contributed by atoms with E-state index in [4.69, 9.17) is 9.47 Å². The normalized spacial score (nSPS) is 11.8. The number of carbonyl (C=O) groups is 3. The molecule has 1 unspecified atom stereocenters. The molecule has 2 aromatic rings. The van der Waals surface area contributed by atoms with E-state index in [-0.39, 0.29) is 29.0 Å². The average molecular weight is 460 g/mol. The van der Waals surface area contributed by atoms with Crippen molar-refractivity contribution in [1.29, 1.82) is 0 Å². The molecule has 0 fully saturated rings. The number of nitro benzene ring substituents is 1. The third-order valence-corrected chi connectivity index (χ3v) is 4.13. The van der Waals surface area contributed by atoms with Crippen molar-refractivity contribution < 1.29 is 38.6 Å². The Morgan fingerprint density at radius 3 is 2.42 bits per heavy atom. The van der Waals surface area contributed by atoms with Crippen molar-refractivity contribution in [2.75, 3.05) is 7.11 Å². The smallest absolute Gasteiger partial charge is 0.408 e. The number of rotatable bonds is 8. The van der Waals surface area contributed by atoms with Crippen LogP contribution in [0.5, 0.6) is 11.5 Å². The van der Waals surface area contributed by atoms with E-state index in [0.717, 1.165) is 6.07 Å². The monoisotopic (exact) mass is 460 g/mol. The summed E-state index contributed by atoms with van der Waals surface area (Å²) in [4.78, 5) is 46.1. The van der Waals surface area contributed by atoms with Crippen LogP contribution in [0.15, 0.2) is 42.5 Å². The summed E-state index contributed by atoms with van der Waals surface area (Å²) in [5.41, 5.74) is -0.763. The number of hydrogen-bond acceptors (Lipinski definition) is 8. The maximum atomic E-state index is 11.9. The van der Waals surface area contributed by atoms with Gasteiger partial charge < -0.3 is 24.6 Å². The highest BCUT2D eigenvalue weighted by atomic mass is 16.6. The largest absolute Gasteiger partial charge is 0.480 e. The fraction of sp³-hybridized carbons (Fsp3) is 0.318. The second-order valence-electron chi connectivity index (χ2n) is 7.92. The molecule has 176 valence electrons. The van der Waals surface area contributed by atoms with Crippen LogP contribution in [0.4, 0.5) is 10.5 Å². The van der Waals surface area contributed by atoms with Crippen molar-refractivity contribution in [2.45, 2.75) is 38.8 Å². The zero-order valence-corrected chi connectivity index (χ0v) is 18.5. The first kappa shape index (κ1) is 25.1. The summed E-state index contributed by atoms with van der Waals surface area (Å²) in [5.74, 6) is -1.87. The first-order valence-electron chi connectivity index (χ1n) is 9.75. The summed E-state index contributed by atoms with van der Waals surface area (Å²) in [6.07, 6.45) is -1.15. The molecule has 0 saturated carbocycles. The Morgan fingerprint density at radius 2 is 1.85 bits per heavy atom. The Morgan fingerprint density at radius 1 is 1.15 bits per heavy atom. The molecule has 0 heterocycles. The lowest BCUT2D eigenvalue weighted by Gasteiger charge is -2.22. The van der Waals surface area contributed by atoms with Crippen LogP contribution < -0.4 is 10.1 Å². The van der Waals surface area contributed by atoms with Gasteiger partial charge in [-0.05, 0) is 50.6 Å². The number of nitro groups is 1. The Balaban J connectivity index is 2.25. The van der Waals surface area contributed by atoms with Gasteiger partial charge in [-0.25, -0.2) is 14.4 Å². The predicted molar refractivity (Wildman–Crippen MR) is 115 cm³/mol. The van der Waals surface area contributed by atoms with Crippen molar-refractivity contribution in [1.82, 2.24) is 5.32 Å². The Bertz CT molecular complexity index is 1060. The second-order valence-corrected chi connectivity index (χ2v) is 7.92. The SMILES string of the molecule is COC(=O)c1cccc(Oc2ccc(CC(NC(=O)OC(C)(C)C)C(=O)O)cc2[N+](=O)[O-])c1. The number of carbonyl (C=O) groups excluding carboxylic acids is 2. The summed E-state index contributed by atoms with van der Waals surface area (Å²) in [6.45, 7) is 4.89. The number of aliphatic carboxylic acids is 1. The zero-order valence-electron chi connectivity index (χ0n) is 18.5. The van der Waals surface area contributed by atoms with E-state index >= 15 is 0 Å². The van der Waals surface area contributed by atoms with Gasteiger partial charge in [-0.1, -0.05) is 12.1 Å². The summed E-state index contributed by atoms with van der Waals surface area (Å²) in [6, 6.07) is 8.45. The number of carboxylic acids is 1. The molecule has 1 atom stereocenters. The third kappa shape index (κ3) is 7.49. The summed E-state index contributed by atoms with van der Waals surface area (Å²) in [7, 11) is 1.22. The quantitative estimate of drug-likeness (QED) is 0.341. The summed E-state index contributed by atoms with van der Waals surface area (Å²) < 4.78 is 15.3. The summed E-state index contributed by atoms with van der Waals surface area (Å²) in [5, 5.41) is 23.3. The van der Waals surface area contributed by atoms with E-state index in [2.05, 4.69) is 10.1 Å². The first-order chi connectivity index (χ1) is 15.4. The fourth-order valence-electron chi connectivity index (χ4n) is 2.74. The van der Waals surface area contributed by atoms with Gasteiger partial charge in [-0.2, -0.15) is 0 Å². The predicted octanol–water partition coefficient (Wildman–Crippen LogP) is 3.69. The maximum absolute atomic E-state index is 11.9. The number of ether oxygens (including phenoxy) is 3. The minimum atomic E-state index is -1.37. The molecule has 11 nitrogen and oxygen atoms in total. The number of benzene rings is 2. The van der Waals surface area contributed by atoms with E-state index in [1.807, 2.05) is 0 Å². The Hall–Kier alpha value is -4.15. The first-order valence-corrected chi connectivity index (χ1v) is 9.75. The lowest BCUT2D eigenvalue weighted by atomic mass is 10.0. The maximum Gasteiger partial charge on any atom is 0.408 e. The standard InChI is InChI=1S/C22H24N2O9/c1-22(2,3)33-21(28)23-16(19(25)26)10-13-8-9-18(17(11-13)24(29)30)32-15-7-5-6-14(12-15)20(27)31-4/h5-9,11-12,16H,10H2,1-4H3,(H,23,28)(H,25,26). The van der Waals surface area contributed by atoms with Gasteiger partial charge in [0.1, 0.15) is 17.4 Å². The molecule has 0 saturated heterocycles. The molecule has 0 radical (unpaired) electrons. The average Bonchev–Trinajstić information content (AvgIpc) is 2.72. The van der Waals surface area contributed by atoms with Gasteiger partial charge in [0.05, 0.1) is 17.6 Å². The van der Waals surface area contributed by atoms with Gasteiger partial charge in [0.15, 0.2) is 0 Å². The van der Waals surface area contributed by atoms with Crippen LogP contribution >= 0.6 is 0 Å². The van der Waals surface area contributed by atoms with E-state index < -0.39 is 40.3 Å². The van der Waals surface area contributed by atoms with Gasteiger partial charge in [-0.15, -0.1) is 0 Å². The highest BCUT2D eigenvalue weighted by molar-refractivity contribution is 5.89. The van der Waals surface area contributed by atoms with Gasteiger partial charge in [0.2, 0.25) is 5.75 Å². The molecule has 2 N–H and O–H groups in total. The fourth-order valence-corrected chi connectivity index (χ4v) is 2.74. The van der Waals surface area contributed by atoms with Gasteiger partial charge in [0.25, 0.3) is 0 Å². The minimum Gasteiger partial charge on any atom is -0.480 e. The molecule has 0 aliphatic rings. The molecule has 11 heteroatoms. The molecule has 2 rings (SSSR count). The van der Waals surface area contributed by atoms with Gasteiger partial charge in [0, 0.05) is 12.5 Å². The molecule has 1 amide bonds. The molecular formula is C22H24N2O9. The van der Waals surface area contributed by atoms with Crippen LogP contribution in [-0.4, -0.2) is 46.8 Å². The number of nitrogens with zero attached hydrogens (tertiary/aromatic N) is 1. The molecule has 0 spiro atoms.